The molecule has 0 bridgehead atoms. The Hall–Kier alpha value is -0.610. The summed E-state index contributed by atoms with van der Waals surface area (Å²) in [6.07, 6.45) is 12.4. The number of ether oxygens (including phenoxy) is 3. The van der Waals surface area contributed by atoms with Crippen molar-refractivity contribution in [1.29, 1.82) is 0 Å². The zero-order chi connectivity index (χ0) is 14.7. The Bertz CT molecular complexity index is 185. The molecule has 0 aliphatic carbocycles. The highest BCUT2D eigenvalue weighted by Gasteiger charge is 1.94. The van der Waals surface area contributed by atoms with Gasteiger partial charge in [-0.25, -0.2) is 4.79 Å². The monoisotopic (exact) mass is 287 g/mol. The predicted molar refractivity (Wildman–Crippen MR) is 80.5 cm³/mol. The van der Waals surface area contributed by atoms with E-state index in [2.05, 4.69) is 4.74 Å². The Morgan fingerprint density at radius 1 is 0.650 bits per heavy atom. The minimum atomic E-state index is 0.524. The Morgan fingerprint density at radius 2 is 1.15 bits per heavy atom. The highest BCUT2D eigenvalue weighted by molar-refractivity contribution is 5.37. The summed E-state index contributed by atoms with van der Waals surface area (Å²) in [6.45, 7) is 4.25. The molecule has 0 heterocycles. The molecule has 0 saturated carbocycles. The van der Waals surface area contributed by atoms with Crippen LogP contribution in [0.4, 0.5) is 0 Å². The van der Waals surface area contributed by atoms with Gasteiger partial charge in [-0.2, -0.15) is 0 Å². The van der Waals surface area contributed by atoms with Crippen molar-refractivity contribution in [3.05, 3.63) is 0 Å². The van der Waals surface area contributed by atoms with Crippen LogP contribution in [-0.4, -0.2) is 40.0 Å². The summed E-state index contributed by atoms with van der Waals surface area (Å²) >= 11 is 0. The quantitative estimate of drug-likeness (QED) is 0.383. The second-order valence-electron chi connectivity index (χ2n) is 5.07. The summed E-state index contributed by atoms with van der Waals surface area (Å²) in [5.74, 6) is 0. The lowest BCUT2D eigenvalue weighted by Gasteiger charge is -2.04. The molecule has 0 fully saturated rings. The molecule has 20 heavy (non-hydrogen) atoms. The maximum Gasteiger partial charge on any atom is 0.417 e. The van der Waals surface area contributed by atoms with Gasteiger partial charge in [-0.05, 0) is 12.8 Å². The number of hydrogen-bond acceptors (Lipinski definition) is 4. The minimum Gasteiger partial charge on any atom is -0.457 e. The molecule has 0 unspecified atom stereocenters. The molecule has 4 heteroatoms. The summed E-state index contributed by atoms with van der Waals surface area (Å²) in [5.41, 5.74) is 0. The van der Waals surface area contributed by atoms with Crippen LogP contribution in [0.2, 0.25) is 0 Å². The highest BCUT2D eigenvalue weighted by atomic mass is 16.5. The molecule has 0 aromatic rings. The largest absolute Gasteiger partial charge is 0.457 e. The molecular weight excluding hydrogens is 256 g/mol. The van der Waals surface area contributed by atoms with E-state index in [0.717, 1.165) is 25.9 Å². The third-order valence-electron chi connectivity index (χ3n) is 3.28. The first kappa shape index (κ1) is 19.4. The molecule has 0 aromatic carbocycles. The van der Waals surface area contributed by atoms with Crippen molar-refractivity contribution in [2.24, 2.45) is 0 Å². The SMILES string of the molecule is COCCOCCCCCCCCCCCCO[C]=O. The predicted octanol–water partition coefficient (Wildman–Crippen LogP) is 3.63. The zero-order valence-electron chi connectivity index (χ0n) is 13.0. The Morgan fingerprint density at radius 3 is 1.65 bits per heavy atom. The van der Waals surface area contributed by atoms with Crippen LogP contribution >= 0.6 is 0 Å². The molecule has 119 valence electrons. The second kappa shape index (κ2) is 18.4. The lowest BCUT2D eigenvalue weighted by atomic mass is 10.1. The van der Waals surface area contributed by atoms with Crippen LogP contribution in [-0.2, 0) is 19.0 Å². The van der Waals surface area contributed by atoms with Gasteiger partial charge in [0.2, 0.25) is 0 Å². The van der Waals surface area contributed by atoms with Gasteiger partial charge in [0.15, 0.2) is 0 Å². The first-order chi connectivity index (χ1) is 9.91. The summed E-state index contributed by atoms with van der Waals surface area (Å²) in [7, 11) is 1.70. The second-order valence-corrected chi connectivity index (χ2v) is 5.07. The van der Waals surface area contributed by atoms with Crippen molar-refractivity contribution in [2.45, 2.75) is 64.2 Å². The van der Waals surface area contributed by atoms with Crippen LogP contribution in [0.15, 0.2) is 0 Å². The average molecular weight is 287 g/mol. The molecule has 0 aliphatic rings. The molecule has 4 nitrogen and oxygen atoms in total. The fraction of sp³-hybridized carbons (Fsp3) is 0.938. The molecular formula is C16H31O4. The lowest BCUT2D eigenvalue weighted by Crippen LogP contribution is -2.02. The van der Waals surface area contributed by atoms with Gasteiger partial charge in [0, 0.05) is 13.7 Å². The van der Waals surface area contributed by atoms with E-state index in [0.29, 0.717) is 19.8 Å². The van der Waals surface area contributed by atoms with Crippen molar-refractivity contribution >= 4 is 6.47 Å². The number of unbranched alkanes of at least 4 members (excludes halogenated alkanes) is 9. The van der Waals surface area contributed by atoms with E-state index >= 15 is 0 Å². The number of rotatable bonds is 17. The fourth-order valence-electron chi connectivity index (χ4n) is 2.08. The Labute approximate surface area is 124 Å². The van der Waals surface area contributed by atoms with E-state index in [1.807, 2.05) is 0 Å². The van der Waals surface area contributed by atoms with E-state index in [-0.39, 0.29) is 0 Å². The molecule has 0 rings (SSSR count). The summed E-state index contributed by atoms with van der Waals surface area (Å²) in [6, 6.07) is 0. The number of carbonyl (C=O) groups excluding carboxylic acids is 1. The summed E-state index contributed by atoms with van der Waals surface area (Å²) in [4.78, 5) is 9.79. The third kappa shape index (κ3) is 17.4. The van der Waals surface area contributed by atoms with Crippen molar-refractivity contribution in [2.75, 3.05) is 33.5 Å². The first-order valence-electron chi connectivity index (χ1n) is 7.97. The summed E-state index contributed by atoms with van der Waals surface area (Å²) in [5, 5.41) is 0. The Balaban J connectivity index is 2.90. The minimum absolute atomic E-state index is 0.524. The fourth-order valence-corrected chi connectivity index (χ4v) is 2.08. The molecule has 0 atom stereocenters. The topological polar surface area (TPSA) is 44.8 Å². The van der Waals surface area contributed by atoms with Crippen LogP contribution in [0.25, 0.3) is 0 Å². The molecule has 0 aromatic heterocycles. The van der Waals surface area contributed by atoms with Gasteiger partial charge in [0.05, 0.1) is 19.8 Å². The number of methoxy groups -OCH3 is 1. The normalized spacial score (nSPS) is 10.7. The Kier molecular flexibility index (Phi) is 17.8. The zero-order valence-corrected chi connectivity index (χ0v) is 13.0. The van der Waals surface area contributed by atoms with Crippen molar-refractivity contribution < 1.29 is 19.0 Å². The van der Waals surface area contributed by atoms with Crippen molar-refractivity contribution in [3.63, 3.8) is 0 Å². The molecule has 0 N–H and O–H groups in total. The van der Waals surface area contributed by atoms with Crippen molar-refractivity contribution in [1.82, 2.24) is 0 Å². The van der Waals surface area contributed by atoms with E-state index in [4.69, 9.17) is 9.47 Å². The van der Waals surface area contributed by atoms with Gasteiger partial charge in [-0.3, -0.25) is 0 Å². The van der Waals surface area contributed by atoms with E-state index in [1.54, 1.807) is 7.11 Å². The van der Waals surface area contributed by atoms with Crippen molar-refractivity contribution in [3.8, 4) is 0 Å². The van der Waals surface area contributed by atoms with Crippen LogP contribution in [0.1, 0.15) is 64.2 Å². The van der Waals surface area contributed by atoms with Gasteiger partial charge < -0.3 is 14.2 Å². The van der Waals surface area contributed by atoms with Crippen LogP contribution in [0.3, 0.4) is 0 Å². The van der Waals surface area contributed by atoms with Gasteiger partial charge in [-0.15, -0.1) is 0 Å². The smallest absolute Gasteiger partial charge is 0.417 e. The first-order valence-corrected chi connectivity index (χ1v) is 7.97. The van der Waals surface area contributed by atoms with Crippen LogP contribution in [0, 0.1) is 0 Å². The van der Waals surface area contributed by atoms with Gasteiger partial charge in [0.25, 0.3) is 0 Å². The highest BCUT2D eigenvalue weighted by Crippen LogP contribution is 2.10. The summed E-state index contributed by atoms with van der Waals surface area (Å²) < 4.78 is 14.9. The van der Waals surface area contributed by atoms with Crippen LogP contribution in [0.5, 0.6) is 0 Å². The van der Waals surface area contributed by atoms with E-state index in [1.165, 1.54) is 51.4 Å². The molecule has 0 spiro atoms. The molecule has 0 aliphatic heterocycles. The molecule has 0 amide bonds. The maximum absolute atomic E-state index is 9.79. The van der Waals surface area contributed by atoms with Gasteiger partial charge in [0.1, 0.15) is 0 Å². The maximum atomic E-state index is 9.79. The van der Waals surface area contributed by atoms with E-state index < -0.39 is 0 Å². The number of hydrogen-bond donors (Lipinski definition) is 0. The van der Waals surface area contributed by atoms with E-state index in [9.17, 15) is 4.79 Å². The standard InChI is InChI=1S/C16H31O4/c1-18-14-15-19-12-10-8-6-4-2-3-5-7-9-11-13-20-16-17/h2-15H2,1H3. The molecule has 1 radical (unpaired) electrons. The lowest BCUT2D eigenvalue weighted by molar-refractivity contribution is 0.0685. The average Bonchev–Trinajstić information content (AvgIpc) is 2.47. The third-order valence-corrected chi connectivity index (χ3v) is 3.28. The van der Waals surface area contributed by atoms with Crippen LogP contribution < -0.4 is 0 Å². The van der Waals surface area contributed by atoms with Gasteiger partial charge in [-0.1, -0.05) is 51.4 Å². The van der Waals surface area contributed by atoms with Gasteiger partial charge >= 0.3 is 6.47 Å². The molecule has 0 saturated heterocycles.